The van der Waals surface area contributed by atoms with Crippen molar-refractivity contribution in [3.05, 3.63) is 24.3 Å². The van der Waals surface area contributed by atoms with Gasteiger partial charge >= 0.3 is 0 Å². The van der Waals surface area contributed by atoms with Crippen LogP contribution in [0.4, 0.5) is 0 Å². The van der Waals surface area contributed by atoms with Gasteiger partial charge in [0.25, 0.3) is 0 Å². The van der Waals surface area contributed by atoms with Crippen molar-refractivity contribution in [2.24, 2.45) is 0 Å². The molecular formula is C8H14O2. The molecule has 0 aliphatic heterocycles. The van der Waals surface area contributed by atoms with Crippen LogP contribution in [0.15, 0.2) is 24.3 Å². The topological polar surface area (TPSA) is 40.5 Å². The summed E-state index contributed by atoms with van der Waals surface area (Å²) in [7, 11) is 0. The van der Waals surface area contributed by atoms with Crippen LogP contribution in [0.3, 0.4) is 0 Å². The van der Waals surface area contributed by atoms with Crippen molar-refractivity contribution in [1.82, 2.24) is 0 Å². The lowest BCUT2D eigenvalue weighted by Gasteiger charge is -2.06. The average molecular weight is 142 g/mol. The zero-order valence-corrected chi connectivity index (χ0v) is 6.36. The highest BCUT2D eigenvalue weighted by Crippen LogP contribution is 1.93. The largest absolute Gasteiger partial charge is 0.390 e. The molecule has 0 saturated carbocycles. The molecule has 0 amide bonds. The zero-order chi connectivity index (χ0) is 7.98. The molecule has 0 saturated heterocycles. The lowest BCUT2D eigenvalue weighted by molar-refractivity contribution is 0.0619. The predicted octanol–water partition coefficient (Wildman–Crippen LogP) is 0.860. The summed E-state index contributed by atoms with van der Waals surface area (Å²) in [6, 6.07) is 0. The third-order valence-corrected chi connectivity index (χ3v) is 1.11. The molecule has 2 unspecified atom stereocenters. The van der Waals surface area contributed by atoms with Crippen molar-refractivity contribution in [2.75, 3.05) is 0 Å². The second kappa shape index (κ2) is 5.21. The minimum Gasteiger partial charge on any atom is -0.390 e. The average Bonchev–Trinajstić information content (AvgIpc) is 1.88. The van der Waals surface area contributed by atoms with E-state index in [9.17, 15) is 0 Å². The van der Waals surface area contributed by atoms with E-state index < -0.39 is 12.2 Å². The number of allylic oxidation sites excluding steroid dienone is 3. The smallest absolute Gasteiger partial charge is 0.0980 e. The van der Waals surface area contributed by atoms with Gasteiger partial charge in [-0.3, -0.25) is 0 Å². The monoisotopic (exact) mass is 142 g/mol. The Balaban J connectivity index is 3.66. The van der Waals surface area contributed by atoms with E-state index >= 15 is 0 Å². The quantitative estimate of drug-likeness (QED) is 0.574. The van der Waals surface area contributed by atoms with Gasteiger partial charge in [0.1, 0.15) is 0 Å². The van der Waals surface area contributed by atoms with E-state index in [2.05, 4.69) is 0 Å². The van der Waals surface area contributed by atoms with Crippen LogP contribution in [0.5, 0.6) is 0 Å². The number of hydrogen-bond acceptors (Lipinski definition) is 2. The van der Waals surface area contributed by atoms with Crippen molar-refractivity contribution in [2.45, 2.75) is 26.1 Å². The van der Waals surface area contributed by atoms with Crippen LogP contribution in [-0.2, 0) is 0 Å². The van der Waals surface area contributed by atoms with Gasteiger partial charge in [-0.1, -0.05) is 24.3 Å². The van der Waals surface area contributed by atoms with Gasteiger partial charge in [-0.2, -0.15) is 0 Å². The molecule has 0 aliphatic rings. The Labute approximate surface area is 61.5 Å². The van der Waals surface area contributed by atoms with E-state index in [0.717, 1.165) is 0 Å². The Morgan fingerprint density at radius 2 is 1.80 bits per heavy atom. The maximum atomic E-state index is 8.98. The summed E-state index contributed by atoms with van der Waals surface area (Å²) in [5.74, 6) is 0. The first-order valence-corrected chi connectivity index (χ1v) is 3.34. The predicted molar refractivity (Wildman–Crippen MR) is 41.6 cm³/mol. The molecule has 2 heteroatoms. The fraction of sp³-hybridized carbons (Fsp3) is 0.500. The molecule has 0 rings (SSSR count). The first-order valence-electron chi connectivity index (χ1n) is 3.34. The van der Waals surface area contributed by atoms with E-state index in [-0.39, 0.29) is 0 Å². The Hall–Kier alpha value is -0.600. The molecule has 0 aromatic rings. The maximum Gasteiger partial charge on any atom is 0.0980 e. The van der Waals surface area contributed by atoms with Crippen LogP contribution in [0.1, 0.15) is 13.8 Å². The summed E-state index contributed by atoms with van der Waals surface area (Å²) < 4.78 is 0. The van der Waals surface area contributed by atoms with E-state index in [4.69, 9.17) is 10.2 Å². The van der Waals surface area contributed by atoms with Gasteiger partial charge in [0, 0.05) is 0 Å². The van der Waals surface area contributed by atoms with E-state index in [1.54, 1.807) is 25.2 Å². The zero-order valence-electron chi connectivity index (χ0n) is 6.36. The van der Waals surface area contributed by atoms with Crippen LogP contribution in [-0.4, -0.2) is 22.4 Å². The second-order valence-corrected chi connectivity index (χ2v) is 2.14. The highest BCUT2D eigenvalue weighted by atomic mass is 16.3. The fourth-order valence-electron chi connectivity index (χ4n) is 0.450. The van der Waals surface area contributed by atoms with Gasteiger partial charge in [-0.25, -0.2) is 0 Å². The third kappa shape index (κ3) is 4.30. The van der Waals surface area contributed by atoms with Gasteiger partial charge in [-0.15, -0.1) is 0 Å². The molecule has 0 aromatic carbocycles. The first-order chi connectivity index (χ1) is 4.68. The van der Waals surface area contributed by atoms with Crippen molar-refractivity contribution < 1.29 is 10.2 Å². The molecule has 0 spiro atoms. The highest BCUT2D eigenvalue weighted by molar-refractivity contribution is 5.04. The number of hydrogen-bond donors (Lipinski definition) is 2. The first kappa shape index (κ1) is 9.40. The van der Waals surface area contributed by atoms with Crippen LogP contribution in [0.2, 0.25) is 0 Å². The minimum atomic E-state index is -0.754. The van der Waals surface area contributed by atoms with Gasteiger partial charge in [0.2, 0.25) is 0 Å². The normalized spacial score (nSPS) is 18.4. The summed E-state index contributed by atoms with van der Waals surface area (Å²) in [5, 5.41) is 17.8. The molecule has 0 bridgehead atoms. The Morgan fingerprint density at radius 1 is 1.20 bits per heavy atom. The second-order valence-electron chi connectivity index (χ2n) is 2.14. The Morgan fingerprint density at radius 3 is 2.20 bits per heavy atom. The summed E-state index contributed by atoms with van der Waals surface area (Å²) in [6.07, 6.45) is 5.46. The molecule has 0 radical (unpaired) electrons. The van der Waals surface area contributed by atoms with Gasteiger partial charge in [0.05, 0.1) is 12.2 Å². The van der Waals surface area contributed by atoms with Gasteiger partial charge in [-0.05, 0) is 13.8 Å². The van der Waals surface area contributed by atoms with Gasteiger partial charge in [0.15, 0.2) is 0 Å². The molecule has 2 atom stereocenters. The number of rotatable bonds is 3. The Kier molecular flexibility index (Phi) is 4.89. The minimum absolute atomic E-state index is 0.693. The van der Waals surface area contributed by atoms with Crippen molar-refractivity contribution >= 4 is 0 Å². The third-order valence-electron chi connectivity index (χ3n) is 1.11. The van der Waals surface area contributed by atoms with E-state index in [1.807, 2.05) is 13.0 Å². The maximum absolute atomic E-state index is 8.98. The van der Waals surface area contributed by atoms with Crippen LogP contribution >= 0.6 is 0 Å². The molecule has 2 nitrogen and oxygen atoms in total. The van der Waals surface area contributed by atoms with E-state index in [0.29, 0.717) is 0 Å². The lowest BCUT2D eigenvalue weighted by atomic mass is 10.2. The molecular weight excluding hydrogens is 128 g/mol. The van der Waals surface area contributed by atoms with E-state index in [1.165, 1.54) is 0 Å². The lowest BCUT2D eigenvalue weighted by Crippen LogP contribution is -2.19. The fourth-order valence-corrected chi connectivity index (χ4v) is 0.450. The number of aliphatic hydroxyl groups is 2. The molecule has 0 aromatic heterocycles. The molecule has 0 aliphatic carbocycles. The molecule has 58 valence electrons. The van der Waals surface area contributed by atoms with Crippen LogP contribution in [0.25, 0.3) is 0 Å². The number of aliphatic hydroxyl groups excluding tert-OH is 2. The molecule has 0 fully saturated rings. The summed E-state index contributed by atoms with van der Waals surface area (Å²) in [6.45, 7) is 3.43. The van der Waals surface area contributed by atoms with Crippen molar-refractivity contribution in [1.29, 1.82) is 0 Å². The van der Waals surface area contributed by atoms with Gasteiger partial charge < -0.3 is 10.2 Å². The SMILES string of the molecule is C/C=C/C=C/C(O)C(C)O. The highest BCUT2D eigenvalue weighted by Gasteiger charge is 2.03. The summed E-state index contributed by atoms with van der Waals surface area (Å²) >= 11 is 0. The molecule has 10 heavy (non-hydrogen) atoms. The van der Waals surface area contributed by atoms with Crippen LogP contribution < -0.4 is 0 Å². The standard InChI is InChI=1S/C8H14O2/c1-3-4-5-6-8(10)7(2)9/h3-10H,1-2H3/b4-3+,6-5+. The van der Waals surface area contributed by atoms with Crippen LogP contribution in [0, 0.1) is 0 Å². The molecule has 0 heterocycles. The summed E-state index contributed by atoms with van der Waals surface area (Å²) in [5.41, 5.74) is 0. The van der Waals surface area contributed by atoms with Crippen molar-refractivity contribution in [3.8, 4) is 0 Å². The summed E-state index contributed by atoms with van der Waals surface area (Å²) in [4.78, 5) is 0. The molecule has 2 N–H and O–H groups in total. The Bertz CT molecular complexity index is 125. The van der Waals surface area contributed by atoms with Crippen molar-refractivity contribution in [3.63, 3.8) is 0 Å².